The van der Waals surface area contributed by atoms with Crippen molar-refractivity contribution in [2.75, 3.05) is 11.9 Å². The van der Waals surface area contributed by atoms with Gasteiger partial charge in [0.15, 0.2) is 5.84 Å². The van der Waals surface area contributed by atoms with E-state index in [0.29, 0.717) is 0 Å². The average Bonchev–Trinajstić information content (AvgIpc) is 3.55. The lowest BCUT2D eigenvalue weighted by Gasteiger charge is -2.35. The van der Waals surface area contributed by atoms with Crippen LogP contribution in [0.2, 0.25) is 0 Å². The fourth-order valence-corrected chi connectivity index (χ4v) is 7.68. The fraction of sp³-hybridized carbons (Fsp3) is 0.130. The number of hydrogen-bond donors (Lipinski definition) is 0. The van der Waals surface area contributed by atoms with Gasteiger partial charge in [-0.1, -0.05) is 140 Å². The van der Waals surface area contributed by atoms with Crippen molar-refractivity contribution in [1.29, 1.82) is 0 Å². The maximum Gasteiger partial charge on any atom is 0.155 e. The minimum atomic E-state index is -0.0122. The van der Waals surface area contributed by atoms with E-state index in [1.807, 2.05) is 6.07 Å². The lowest BCUT2D eigenvalue weighted by molar-refractivity contribution is 0.514. The van der Waals surface area contributed by atoms with Crippen molar-refractivity contribution >= 4 is 28.2 Å². The van der Waals surface area contributed by atoms with Crippen LogP contribution in [0.3, 0.4) is 0 Å². The molecule has 50 heavy (non-hydrogen) atoms. The second-order valence-corrected chi connectivity index (χ2v) is 13.3. The summed E-state index contributed by atoms with van der Waals surface area (Å²) in [5, 5.41) is 1.15. The van der Waals surface area contributed by atoms with Crippen LogP contribution in [-0.4, -0.2) is 18.6 Å². The van der Waals surface area contributed by atoms with Crippen LogP contribution < -0.4 is 4.90 Å². The molecule has 242 valence electrons. The molecule has 2 aliphatic heterocycles. The smallest absolute Gasteiger partial charge is 0.155 e. The predicted molar refractivity (Wildman–Crippen MR) is 206 cm³/mol. The summed E-state index contributed by atoms with van der Waals surface area (Å²) in [7, 11) is 2.17. The molecule has 4 nitrogen and oxygen atoms in total. The Kier molecular flexibility index (Phi) is 7.70. The topological polar surface area (TPSA) is 41.1 Å². The van der Waals surface area contributed by atoms with E-state index in [1.165, 1.54) is 27.9 Å². The van der Waals surface area contributed by atoms with Gasteiger partial charge in [-0.15, -0.1) is 0 Å². The third kappa shape index (κ3) is 5.43. The fourth-order valence-electron chi connectivity index (χ4n) is 7.68. The first-order valence-corrected chi connectivity index (χ1v) is 17.5. The lowest BCUT2D eigenvalue weighted by atomic mass is 9.87. The monoisotopic (exact) mass is 647 g/mol. The Morgan fingerprint density at radius 2 is 1.26 bits per heavy atom. The summed E-state index contributed by atoms with van der Waals surface area (Å²) < 4.78 is 6.65. The highest BCUT2D eigenvalue weighted by atomic mass is 16.3. The molecule has 9 rings (SSSR count). The molecule has 1 aromatic heterocycles. The van der Waals surface area contributed by atoms with E-state index in [0.717, 1.165) is 69.8 Å². The molecule has 0 spiro atoms. The Morgan fingerprint density at radius 3 is 2.02 bits per heavy atom. The molecule has 0 fully saturated rings. The maximum atomic E-state index is 6.65. The van der Waals surface area contributed by atoms with Gasteiger partial charge in [0.2, 0.25) is 0 Å². The number of furan rings is 1. The zero-order valence-electron chi connectivity index (χ0n) is 28.0. The molecule has 6 aromatic carbocycles. The highest BCUT2D eigenvalue weighted by Crippen LogP contribution is 2.51. The number of aliphatic imine (C=N–C) groups is 2. The van der Waals surface area contributed by atoms with Crippen LogP contribution in [0.25, 0.3) is 33.2 Å². The second-order valence-electron chi connectivity index (χ2n) is 13.3. The summed E-state index contributed by atoms with van der Waals surface area (Å²) in [6.07, 6.45) is 2.94. The molecule has 0 saturated carbocycles. The van der Waals surface area contributed by atoms with Gasteiger partial charge in [0.05, 0.1) is 11.8 Å². The van der Waals surface area contributed by atoms with Crippen molar-refractivity contribution in [3.63, 3.8) is 0 Å². The second kappa shape index (κ2) is 12.8. The van der Waals surface area contributed by atoms with Crippen LogP contribution in [-0.2, 0) is 0 Å². The molecule has 0 amide bonds. The van der Waals surface area contributed by atoms with Crippen LogP contribution in [0.4, 0.5) is 5.69 Å². The largest absolute Gasteiger partial charge is 0.458 e. The molecule has 2 unspecified atom stereocenters. The first-order chi connectivity index (χ1) is 24.7. The Labute approximate surface area is 293 Å². The van der Waals surface area contributed by atoms with Crippen molar-refractivity contribution in [3.05, 3.63) is 186 Å². The van der Waals surface area contributed by atoms with Crippen LogP contribution >= 0.6 is 0 Å². The number of fused-ring (bicyclic) bond motifs is 5. The summed E-state index contributed by atoms with van der Waals surface area (Å²) >= 11 is 0. The average molecular weight is 648 g/mol. The molecule has 3 heterocycles. The minimum Gasteiger partial charge on any atom is -0.458 e. The Hall–Kier alpha value is -6.00. The van der Waals surface area contributed by atoms with Crippen LogP contribution in [0, 0.1) is 0 Å². The third-order valence-electron chi connectivity index (χ3n) is 10.2. The quantitative estimate of drug-likeness (QED) is 0.187. The van der Waals surface area contributed by atoms with Gasteiger partial charge in [-0.05, 0) is 65.3 Å². The van der Waals surface area contributed by atoms with Gasteiger partial charge in [-0.3, -0.25) is 4.99 Å². The third-order valence-corrected chi connectivity index (χ3v) is 10.2. The molecule has 0 aliphatic carbocycles. The first-order valence-electron chi connectivity index (χ1n) is 17.5. The number of nitrogens with zero attached hydrogens (tertiary/aromatic N) is 3. The number of amidine groups is 1. The van der Waals surface area contributed by atoms with Crippen LogP contribution in [0.5, 0.6) is 0 Å². The molecular formula is C46H37N3O. The summed E-state index contributed by atoms with van der Waals surface area (Å²) in [6.45, 7) is 0. The summed E-state index contributed by atoms with van der Waals surface area (Å²) in [4.78, 5) is 12.9. The van der Waals surface area contributed by atoms with Crippen molar-refractivity contribution in [1.82, 2.24) is 0 Å². The van der Waals surface area contributed by atoms with E-state index >= 15 is 0 Å². The number of para-hydroxylation sites is 1. The molecule has 4 heteroatoms. The zero-order chi connectivity index (χ0) is 33.4. The van der Waals surface area contributed by atoms with Gasteiger partial charge in [-0.25, -0.2) is 4.99 Å². The van der Waals surface area contributed by atoms with E-state index in [9.17, 15) is 0 Å². The SMILES string of the molecule is CN1c2ccc(-c3ccc(C4=NC(c5ccccc5)CCCC(c5ccccc5)=N4)cc3)cc2-c2c(oc3ccccc23)C1c1ccccc1. The van der Waals surface area contributed by atoms with Gasteiger partial charge in [0.25, 0.3) is 0 Å². The number of hydrogen-bond acceptors (Lipinski definition) is 4. The Morgan fingerprint density at radius 1 is 0.620 bits per heavy atom. The highest BCUT2D eigenvalue weighted by molar-refractivity contribution is 6.12. The van der Waals surface area contributed by atoms with Crippen LogP contribution in [0.1, 0.15) is 59.4 Å². The summed E-state index contributed by atoms with van der Waals surface area (Å²) in [6, 6.07) is 55.9. The van der Waals surface area contributed by atoms with Crippen molar-refractivity contribution in [2.24, 2.45) is 9.98 Å². The number of anilines is 1. The van der Waals surface area contributed by atoms with E-state index in [2.05, 4.69) is 164 Å². The molecule has 7 aromatic rings. The minimum absolute atomic E-state index is 0.0122. The molecule has 2 aliphatic rings. The van der Waals surface area contributed by atoms with Crippen molar-refractivity contribution in [2.45, 2.75) is 31.3 Å². The van der Waals surface area contributed by atoms with E-state index in [1.54, 1.807) is 0 Å². The van der Waals surface area contributed by atoms with E-state index < -0.39 is 0 Å². The number of benzene rings is 6. The molecule has 2 atom stereocenters. The lowest BCUT2D eigenvalue weighted by Crippen LogP contribution is -2.28. The standard InChI is InChI=1S/C46H37N3O/c1-49-41-29-28-36(30-38(41)43-37-20-11-12-23-42(37)50-45(43)44(49)34-18-9-4-10-19-34)31-24-26-35(27-25-31)46-47-39(32-14-5-2-6-15-32)21-13-22-40(48-46)33-16-7-3-8-17-33/h2-12,14-20,23-30,39,44H,13,21-22H2,1H3. The predicted octanol–water partition coefficient (Wildman–Crippen LogP) is 11.5. The number of rotatable bonds is 5. The van der Waals surface area contributed by atoms with Gasteiger partial charge in [0.1, 0.15) is 17.4 Å². The van der Waals surface area contributed by atoms with Gasteiger partial charge < -0.3 is 9.32 Å². The van der Waals surface area contributed by atoms with Crippen LogP contribution in [0.15, 0.2) is 172 Å². The molecule has 0 radical (unpaired) electrons. The normalized spacial score (nSPS) is 17.3. The van der Waals surface area contributed by atoms with Crippen molar-refractivity contribution < 1.29 is 4.42 Å². The van der Waals surface area contributed by atoms with Gasteiger partial charge in [0, 0.05) is 34.8 Å². The molecular weight excluding hydrogens is 611 g/mol. The molecule has 0 bridgehead atoms. The van der Waals surface area contributed by atoms with E-state index in [-0.39, 0.29) is 12.1 Å². The van der Waals surface area contributed by atoms with Gasteiger partial charge >= 0.3 is 0 Å². The van der Waals surface area contributed by atoms with Gasteiger partial charge in [-0.2, -0.15) is 0 Å². The first kappa shape index (κ1) is 30.1. The Bertz CT molecular complexity index is 2360. The molecule has 0 saturated heterocycles. The summed E-state index contributed by atoms with van der Waals surface area (Å²) in [5.74, 6) is 1.78. The Balaban J connectivity index is 1.12. The summed E-state index contributed by atoms with van der Waals surface area (Å²) in [5.41, 5.74) is 12.5. The van der Waals surface area contributed by atoms with Crippen molar-refractivity contribution in [3.8, 4) is 22.3 Å². The highest BCUT2D eigenvalue weighted by Gasteiger charge is 2.35. The maximum absolute atomic E-state index is 6.65. The zero-order valence-corrected chi connectivity index (χ0v) is 28.0. The molecule has 0 N–H and O–H groups in total. The van der Waals surface area contributed by atoms with E-state index in [4.69, 9.17) is 14.4 Å².